The number of nitrogens with zero attached hydrogens (tertiary/aromatic N) is 1. The first-order valence-electron chi connectivity index (χ1n) is 8.80. The molecule has 1 aromatic rings. The number of benzene rings is 1. The molecule has 2 aliphatic rings. The maximum Gasteiger partial charge on any atom is 0.223 e. The van der Waals surface area contributed by atoms with Crippen molar-refractivity contribution >= 4 is 11.6 Å². The van der Waals surface area contributed by atoms with Gasteiger partial charge in [-0.05, 0) is 51.2 Å². The highest BCUT2D eigenvalue weighted by Gasteiger charge is 2.32. The van der Waals surface area contributed by atoms with Gasteiger partial charge in [0.1, 0.15) is 0 Å². The maximum atomic E-state index is 12.4. The van der Waals surface area contributed by atoms with E-state index in [1.165, 1.54) is 17.7 Å². The summed E-state index contributed by atoms with van der Waals surface area (Å²) in [6.45, 7) is 7.50. The number of hydrogen-bond donors (Lipinski definition) is 1. The lowest BCUT2D eigenvalue weighted by Gasteiger charge is -2.35. The van der Waals surface area contributed by atoms with E-state index in [0.717, 1.165) is 32.4 Å². The van der Waals surface area contributed by atoms with E-state index < -0.39 is 0 Å². The van der Waals surface area contributed by atoms with Gasteiger partial charge in [-0.1, -0.05) is 18.2 Å². The first-order chi connectivity index (χ1) is 11.1. The third-order valence-electron chi connectivity index (χ3n) is 4.96. The molecule has 4 nitrogen and oxygen atoms in total. The van der Waals surface area contributed by atoms with Gasteiger partial charge < -0.3 is 15.0 Å². The van der Waals surface area contributed by atoms with E-state index in [-0.39, 0.29) is 17.4 Å². The number of rotatable bonds is 4. The zero-order valence-electron chi connectivity index (χ0n) is 14.3. The van der Waals surface area contributed by atoms with Crippen molar-refractivity contribution in [1.29, 1.82) is 0 Å². The van der Waals surface area contributed by atoms with Gasteiger partial charge in [0.2, 0.25) is 5.91 Å². The van der Waals surface area contributed by atoms with Crippen LogP contribution in [0.1, 0.15) is 38.7 Å². The maximum absolute atomic E-state index is 12.4. The number of aryl methyl sites for hydroxylation is 1. The minimum Gasteiger partial charge on any atom is -0.376 e. The molecule has 1 saturated heterocycles. The Morgan fingerprint density at radius 1 is 1.39 bits per heavy atom. The number of amides is 1. The van der Waals surface area contributed by atoms with Crippen molar-refractivity contribution in [2.24, 2.45) is 5.92 Å². The molecule has 1 atom stereocenters. The van der Waals surface area contributed by atoms with Gasteiger partial charge in [0.15, 0.2) is 0 Å². The van der Waals surface area contributed by atoms with E-state index in [1.807, 2.05) is 0 Å². The third kappa shape index (κ3) is 4.05. The normalized spacial score (nSPS) is 23.2. The molecule has 1 unspecified atom stereocenters. The zero-order valence-corrected chi connectivity index (χ0v) is 14.3. The van der Waals surface area contributed by atoms with Crippen LogP contribution in [-0.2, 0) is 16.0 Å². The van der Waals surface area contributed by atoms with Crippen LogP contribution in [0.2, 0.25) is 0 Å². The Hall–Kier alpha value is -1.55. The molecule has 0 aromatic heterocycles. The molecular formula is C19H28N2O2. The largest absolute Gasteiger partial charge is 0.376 e. The molecule has 2 aliphatic heterocycles. The summed E-state index contributed by atoms with van der Waals surface area (Å²) in [5.41, 5.74) is 2.59. The highest BCUT2D eigenvalue weighted by molar-refractivity contribution is 5.78. The average molecular weight is 316 g/mol. The Morgan fingerprint density at radius 3 is 3.04 bits per heavy atom. The fraction of sp³-hybridized carbons (Fsp3) is 0.632. The van der Waals surface area contributed by atoms with E-state index in [1.54, 1.807) is 0 Å². The molecule has 126 valence electrons. The van der Waals surface area contributed by atoms with E-state index in [2.05, 4.69) is 48.3 Å². The highest BCUT2D eigenvalue weighted by atomic mass is 16.5. The van der Waals surface area contributed by atoms with Crippen LogP contribution in [0.25, 0.3) is 0 Å². The minimum absolute atomic E-state index is 0.0902. The van der Waals surface area contributed by atoms with E-state index >= 15 is 0 Å². The van der Waals surface area contributed by atoms with Crippen LogP contribution in [0.3, 0.4) is 0 Å². The molecule has 1 aromatic carbocycles. The van der Waals surface area contributed by atoms with Crippen molar-refractivity contribution in [2.75, 3.05) is 31.1 Å². The Kier molecular flexibility index (Phi) is 4.90. The molecule has 4 heteroatoms. The van der Waals surface area contributed by atoms with E-state index in [4.69, 9.17) is 4.74 Å². The predicted octanol–water partition coefficient (Wildman–Crippen LogP) is 2.76. The first kappa shape index (κ1) is 16.3. The van der Waals surface area contributed by atoms with Gasteiger partial charge in [-0.2, -0.15) is 0 Å². The summed E-state index contributed by atoms with van der Waals surface area (Å²) in [5.74, 6) is 0.277. The summed E-state index contributed by atoms with van der Waals surface area (Å²) < 4.78 is 5.70. The van der Waals surface area contributed by atoms with Crippen LogP contribution >= 0.6 is 0 Å². The smallest absolute Gasteiger partial charge is 0.223 e. The van der Waals surface area contributed by atoms with Crippen molar-refractivity contribution in [3.05, 3.63) is 29.8 Å². The van der Waals surface area contributed by atoms with Crippen LogP contribution in [0.15, 0.2) is 24.3 Å². The Bertz CT molecular complexity index is 556. The number of nitrogens with one attached hydrogen (secondary N) is 1. The van der Waals surface area contributed by atoms with Crippen LogP contribution in [0.4, 0.5) is 5.69 Å². The van der Waals surface area contributed by atoms with Crippen molar-refractivity contribution in [1.82, 2.24) is 5.32 Å². The Labute approximate surface area is 139 Å². The second-order valence-corrected chi connectivity index (χ2v) is 7.31. The summed E-state index contributed by atoms with van der Waals surface area (Å²) >= 11 is 0. The molecule has 0 radical (unpaired) electrons. The first-order valence-corrected chi connectivity index (χ1v) is 8.80. The van der Waals surface area contributed by atoms with Crippen LogP contribution in [0, 0.1) is 5.92 Å². The molecule has 23 heavy (non-hydrogen) atoms. The molecule has 0 aliphatic carbocycles. The molecule has 1 N–H and O–H groups in total. The van der Waals surface area contributed by atoms with Gasteiger partial charge in [-0.3, -0.25) is 4.79 Å². The second kappa shape index (κ2) is 6.91. The van der Waals surface area contributed by atoms with Gasteiger partial charge in [-0.15, -0.1) is 0 Å². The minimum atomic E-state index is -0.175. The summed E-state index contributed by atoms with van der Waals surface area (Å²) in [4.78, 5) is 14.8. The van der Waals surface area contributed by atoms with Gasteiger partial charge in [-0.25, -0.2) is 0 Å². The van der Waals surface area contributed by atoms with Gasteiger partial charge in [0, 0.05) is 37.8 Å². The molecule has 0 saturated carbocycles. The fourth-order valence-corrected chi connectivity index (χ4v) is 3.76. The SMILES string of the molecule is CC1(C)CC(C(=O)NCCN2CCCc3ccccc32)CCO1. The van der Waals surface area contributed by atoms with Crippen LogP contribution in [0.5, 0.6) is 0 Å². The van der Waals surface area contributed by atoms with E-state index in [9.17, 15) is 4.79 Å². The summed E-state index contributed by atoms with van der Waals surface area (Å²) in [7, 11) is 0. The lowest BCUT2D eigenvalue weighted by molar-refractivity contribution is -0.135. The van der Waals surface area contributed by atoms with Gasteiger partial charge >= 0.3 is 0 Å². The summed E-state index contributed by atoms with van der Waals surface area (Å²) in [6.07, 6.45) is 4.00. The fourth-order valence-electron chi connectivity index (χ4n) is 3.76. The van der Waals surface area contributed by atoms with Gasteiger partial charge in [0.25, 0.3) is 0 Å². The second-order valence-electron chi connectivity index (χ2n) is 7.31. The monoisotopic (exact) mass is 316 g/mol. The molecular weight excluding hydrogens is 288 g/mol. The highest BCUT2D eigenvalue weighted by Crippen LogP contribution is 2.29. The van der Waals surface area contributed by atoms with Crippen molar-refractivity contribution in [2.45, 2.75) is 45.1 Å². The molecule has 1 amide bonds. The number of fused-ring (bicyclic) bond motifs is 1. The zero-order chi connectivity index (χ0) is 16.3. The lowest BCUT2D eigenvalue weighted by atomic mass is 9.88. The number of carbonyl (C=O) groups is 1. The molecule has 1 fully saturated rings. The average Bonchev–Trinajstić information content (AvgIpc) is 2.54. The Morgan fingerprint density at radius 2 is 2.22 bits per heavy atom. The van der Waals surface area contributed by atoms with Crippen LogP contribution in [-0.4, -0.2) is 37.7 Å². The summed E-state index contributed by atoms with van der Waals surface area (Å²) in [6, 6.07) is 8.61. The van der Waals surface area contributed by atoms with Gasteiger partial charge in [0.05, 0.1) is 5.60 Å². The molecule has 2 heterocycles. The number of hydrogen-bond acceptors (Lipinski definition) is 3. The van der Waals surface area contributed by atoms with Crippen molar-refractivity contribution in [3.63, 3.8) is 0 Å². The molecule has 0 bridgehead atoms. The topological polar surface area (TPSA) is 41.6 Å². The standard InChI is InChI=1S/C19H28N2O2/c1-19(2)14-16(9-13-23-19)18(22)20-10-12-21-11-5-7-15-6-3-4-8-17(15)21/h3-4,6,8,16H,5,7,9-14H2,1-2H3,(H,20,22). The Balaban J connectivity index is 1.49. The number of anilines is 1. The predicted molar refractivity (Wildman–Crippen MR) is 92.7 cm³/mol. The quantitative estimate of drug-likeness (QED) is 0.929. The van der Waals surface area contributed by atoms with E-state index in [0.29, 0.717) is 13.2 Å². The number of para-hydroxylation sites is 1. The third-order valence-corrected chi connectivity index (χ3v) is 4.96. The lowest BCUT2D eigenvalue weighted by Crippen LogP contribution is -2.44. The molecule has 0 spiro atoms. The number of carbonyl (C=O) groups excluding carboxylic acids is 1. The number of ether oxygens (including phenoxy) is 1. The van der Waals surface area contributed by atoms with Crippen molar-refractivity contribution < 1.29 is 9.53 Å². The van der Waals surface area contributed by atoms with Crippen molar-refractivity contribution in [3.8, 4) is 0 Å². The van der Waals surface area contributed by atoms with Crippen LogP contribution < -0.4 is 10.2 Å². The summed E-state index contributed by atoms with van der Waals surface area (Å²) in [5, 5.41) is 3.13. The molecule has 3 rings (SSSR count).